The van der Waals surface area contributed by atoms with Crippen molar-refractivity contribution in [2.45, 2.75) is 0 Å². The van der Waals surface area contributed by atoms with Crippen LogP contribution in [0, 0.1) is 0 Å². The van der Waals surface area contributed by atoms with Gasteiger partial charge in [0, 0.05) is 75.1 Å². The molecule has 0 amide bonds. The summed E-state index contributed by atoms with van der Waals surface area (Å²) >= 11 is 0. The molecule has 4 aliphatic rings. The van der Waals surface area contributed by atoms with Crippen LogP contribution in [0.3, 0.4) is 0 Å². The number of hydrogen-bond donors (Lipinski definition) is 0. The standard InChI is InChI=1S/C82H52B2N4O2/c1-5-29-61(30-6-1)85(62-31-7-2-8-32-62)67-47-75-81-79(49-67)89-77-52-78-72(51-71(77)83(81)69-43-57-25-17-19-27-59(57)45-73(69)87(75)65-39-37-53-21-13-15-23-55(53)41-65)84-70-44-58-26-18-20-28-60(58)46-74(70)88(66-40-38-54-22-14-16-24-56(54)42-66)76-48-68(50-80(90-78)82(76)84)86(63-33-9-3-10-34-63)64-35-11-4-12-36-64/h1-52H. The van der Waals surface area contributed by atoms with Gasteiger partial charge in [0.05, 0.1) is 11.4 Å². The number of para-hydroxylation sites is 4. The predicted molar refractivity (Wildman–Crippen MR) is 378 cm³/mol. The summed E-state index contributed by atoms with van der Waals surface area (Å²) in [6.07, 6.45) is 0. The van der Waals surface area contributed by atoms with Gasteiger partial charge in [-0.05, 0) is 173 Å². The maximum atomic E-state index is 7.67. The maximum absolute atomic E-state index is 7.67. The van der Waals surface area contributed by atoms with Crippen LogP contribution < -0.4 is 61.9 Å². The smallest absolute Gasteiger partial charge is 0.256 e. The highest BCUT2D eigenvalue weighted by atomic mass is 16.5. The summed E-state index contributed by atoms with van der Waals surface area (Å²) in [6, 6.07) is 115. The normalized spacial score (nSPS) is 13.0. The Bertz CT molecular complexity index is 5020. The summed E-state index contributed by atoms with van der Waals surface area (Å²) in [4.78, 5) is 9.69. The predicted octanol–water partition coefficient (Wildman–Crippen LogP) is 18.0. The van der Waals surface area contributed by atoms with Crippen LogP contribution in [-0.2, 0) is 0 Å². The average Bonchev–Trinajstić information content (AvgIpc) is 0.707. The molecule has 0 spiro atoms. The number of hydrogen-bond acceptors (Lipinski definition) is 6. The van der Waals surface area contributed by atoms with Crippen molar-refractivity contribution >= 4 is 158 Å². The van der Waals surface area contributed by atoms with Gasteiger partial charge in [-0.15, -0.1) is 0 Å². The van der Waals surface area contributed by atoms with Gasteiger partial charge < -0.3 is 29.1 Å². The minimum Gasteiger partial charge on any atom is -0.458 e. The van der Waals surface area contributed by atoms with Gasteiger partial charge >= 0.3 is 0 Å². The fourth-order valence-electron chi connectivity index (χ4n) is 15.0. The van der Waals surface area contributed by atoms with Gasteiger partial charge in [0.2, 0.25) is 0 Å². The van der Waals surface area contributed by atoms with Crippen molar-refractivity contribution < 1.29 is 9.47 Å². The number of fused-ring (bicyclic) bond motifs is 12. The van der Waals surface area contributed by atoms with Crippen LogP contribution in [-0.4, -0.2) is 13.4 Å². The van der Waals surface area contributed by atoms with E-state index in [1.807, 2.05) is 0 Å². The minimum absolute atomic E-state index is 0.237. The zero-order chi connectivity index (χ0) is 59.0. The van der Waals surface area contributed by atoms with Crippen molar-refractivity contribution in [3.63, 3.8) is 0 Å². The van der Waals surface area contributed by atoms with Crippen LogP contribution in [0.1, 0.15) is 0 Å². The lowest BCUT2D eigenvalue weighted by Gasteiger charge is -2.43. The second kappa shape index (κ2) is 19.9. The number of nitrogens with zero attached hydrogens (tertiary/aromatic N) is 4. The minimum atomic E-state index is -0.237. The molecule has 4 aliphatic heterocycles. The Morgan fingerprint density at radius 2 is 0.544 bits per heavy atom. The molecule has 0 aromatic heterocycles. The second-order valence-corrected chi connectivity index (χ2v) is 24.0. The average molecular weight is 1150 g/mol. The highest BCUT2D eigenvalue weighted by Crippen LogP contribution is 2.50. The van der Waals surface area contributed by atoms with E-state index in [9.17, 15) is 0 Å². The maximum Gasteiger partial charge on any atom is 0.256 e. The molecule has 0 aliphatic carbocycles. The first-order valence-corrected chi connectivity index (χ1v) is 30.9. The molecule has 418 valence electrons. The molecule has 15 aromatic rings. The van der Waals surface area contributed by atoms with E-state index in [-0.39, 0.29) is 13.4 Å². The molecule has 0 fully saturated rings. The monoisotopic (exact) mass is 1150 g/mol. The summed E-state index contributed by atoms with van der Waals surface area (Å²) in [5, 5.41) is 9.44. The van der Waals surface area contributed by atoms with Gasteiger partial charge in [-0.25, -0.2) is 0 Å². The van der Waals surface area contributed by atoms with Gasteiger partial charge in [0.25, 0.3) is 13.4 Å². The number of rotatable bonds is 8. The van der Waals surface area contributed by atoms with Crippen molar-refractivity contribution in [3.8, 4) is 23.0 Å². The summed E-state index contributed by atoms with van der Waals surface area (Å²) in [5.74, 6) is 3.12. The summed E-state index contributed by atoms with van der Waals surface area (Å²) in [6.45, 7) is -0.475. The van der Waals surface area contributed by atoms with Gasteiger partial charge in [-0.3, -0.25) is 0 Å². The number of benzene rings is 15. The van der Waals surface area contributed by atoms with E-state index in [4.69, 9.17) is 9.47 Å². The molecule has 0 saturated heterocycles. The van der Waals surface area contributed by atoms with Gasteiger partial charge in [0.15, 0.2) is 0 Å². The second-order valence-electron chi connectivity index (χ2n) is 24.0. The van der Waals surface area contributed by atoms with Crippen molar-refractivity contribution in [1.82, 2.24) is 0 Å². The molecule has 0 bridgehead atoms. The molecule has 15 aromatic carbocycles. The Kier molecular flexibility index (Phi) is 11.2. The van der Waals surface area contributed by atoms with Crippen LogP contribution in [0.4, 0.5) is 68.2 Å². The van der Waals surface area contributed by atoms with Crippen LogP contribution in [0.2, 0.25) is 0 Å². The summed E-state index contributed by atoms with van der Waals surface area (Å²) in [7, 11) is 0. The quantitative estimate of drug-likeness (QED) is 0.141. The van der Waals surface area contributed by atoms with Gasteiger partial charge in [0.1, 0.15) is 23.0 Å². The van der Waals surface area contributed by atoms with Crippen molar-refractivity contribution in [3.05, 3.63) is 315 Å². The Balaban J connectivity index is 0.884. The third kappa shape index (κ3) is 7.87. The lowest BCUT2D eigenvalue weighted by molar-refractivity contribution is 0.466. The molecule has 6 nitrogen and oxygen atoms in total. The van der Waals surface area contributed by atoms with Crippen molar-refractivity contribution in [2.24, 2.45) is 0 Å². The fraction of sp³-hybridized carbons (Fsp3) is 0. The van der Waals surface area contributed by atoms with E-state index in [1.165, 1.54) is 54.0 Å². The lowest BCUT2D eigenvalue weighted by atomic mass is 9.31. The Morgan fingerprint density at radius 1 is 0.222 bits per heavy atom. The number of anilines is 12. The summed E-state index contributed by atoms with van der Waals surface area (Å²) in [5.41, 5.74) is 19.5. The van der Waals surface area contributed by atoms with E-state index < -0.39 is 0 Å². The molecule has 0 radical (unpaired) electrons. The van der Waals surface area contributed by atoms with Gasteiger partial charge in [-0.1, -0.05) is 200 Å². The molecular weight excluding hydrogens is 1090 g/mol. The van der Waals surface area contributed by atoms with E-state index in [0.29, 0.717) is 0 Å². The molecule has 0 saturated carbocycles. The van der Waals surface area contributed by atoms with Crippen LogP contribution in [0.15, 0.2) is 315 Å². The third-order valence-electron chi connectivity index (χ3n) is 18.9. The first-order valence-electron chi connectivity index (χ1n) is 30.9. The fourth-order valence-corrected chi connectivity index (χ4v) is 15.0. The first-order chi connectivity index (χ1) is 44.6. The zero-order valence-corrected chi connectivity index (χ0v) is 48.8. The van der Waals surface area contributed by atoms with Crippen molar-refractivity contribution in [2.75, 3.05) is 19.6 Å². The van der Waals surface area contributed by atoms with Crippen LogP contribution in [0.5, 0.6) is 23.0 Å². The SMILES string of the molecule is c1ccc(N(c2ccccc2)c2cc3c4c(c2)N(c2ccc5ccccc5c2)c2cc5ccccc5cc2B4c2cc4c(cc2O3)Oc2cc(N(c3ccccc3)c3ccccc3)cc3c2B4c2cc4ccccc4cc2N3c2ccc3ccccc3c2)cc1. The molecule has 0 N–H and O–H groups in total. The van der Waals surface area contributed by atoms with Gasteiger partial charge in [-0.2, -0.15) is 0 Å². The molecule has 8 heteroatoms. The zero-order valence-electron chi connectivity index (χ0n) is 48.8. The Labute approximate surface area is 522 Å². The Morgan fingerprint density at radius 3 is 0.911 bits per heavy atom. The third-order valence-corrected chi connectivity index (χ3v) is 18.9. The van der Waals surface area contributed by atoms with E-state index >= 15 is 0 Å². The topological polar surface area (TPSA) is 31.4 Å². The Hall–Kier alpha value is -11.7. The molecular formula is C82H52B2N4O2. The van der Waals surface area contributed by atoms with E-state index in [2.05, 4.69) is 335 Å². The highest BCUT2D eigenvalue weighted by molar-refractivity contribution is 7.02. The lowest BCUT2D eigenvalue weighted by Crippen LogP contribution is -2.63. The molecule has 0 unspecified atom stereocenters. The molecule has 19 rings (SSSR count). The van der Waals surface area contributed by atoms with E-state index in [0.717, 1.165) is 113 Å². The van der Waals surface area contributed by atoms with Crippen molar-refractivity contribution in [1.29, 1.82) is 0 Å². The van der Waals surface area contributed by atoms with Crippen LogP contribution in [0.25, 0.3) is 43.1 Å². The summed E-state index contributed by atoms with van der Waals surface area (Å²) < 4.78 is 15.3. The number of ether oxygens (including phenoxy) is 2. The first kappa shape index (κ1) is 50.4. The molecule has 0 atom stereocenters. The molecule has 4 heterocycles. The largest absolute Gasteiger partial charge is 0.458 e. The van der Waals surface area contributed by atoms with E-state index in [1.54, 1.807) is 0 Å². The van der Waals surface area contributed by atoms with Crippen LogP contribution >= 0.6 is 0 Å². The molecule has 90 heavy (non-hydrogen) atoms. The highest BCUT2D eigenvalue weighted by Gasteiger charge is 2.48.